The standard InChI is InChI=1S/C8H10N2O2/c1-11-9-7-3-5-8(6-4-7)10-12-2/h3-6H,1-2H3. The Kier molecular flexibility index (Phi) is 3.07. The molecule has 0 radical (unpaired) electrons. The van der Waals surface area contributed by atoms with Crippen LogP contribution in [0.25, 0.3) is 0 Å². The molecule has 4 nitrogen and oxygen atoms in total. The van der Waals surface area contributed by atoms with Crippen LogP contribution < -0.4 is 0 Å². The minimum atomic E-state index is 0.757. The Hall–Kier alpha value is -1.58. The molecule has 0 N–H and O–H groups in total. The smallest absolute Gasteiger partial charge is 0.106 e. The maximum Gasteiger partial charge on any atom is 0.106 e. The van der Waals surface area contributed by atoms with E-state index in [1.165, 1.54) is 14.2 Å². The maximum absolute atomic E-state index is 4.59. The summed E-state index contributed by atoms with van der Waals surface area (Å²) >= 11 is 0. The van der Waals surface area contributed by atoms with Crippen LogP contribution in [0.3, 0.4) is 0 Å². The number of oxime groups is 2. The van der Waals surface area contributed by atoms with Gasteiger partial charge in [-0.2, -0.15) is 0 Å². The molecular weight excluding hydrogens is 156 g/mol. The Morgan fingerprint density at radius 1 is 0.833 bits per heavy atom. The van der Waals surface area contributed by atoms with Gasteiger partial charge < -0.3 is 9.68 Å². The molecule has 64 valence electrons. The average molecular weight is 166 g/mol. The van der Waals surface area contributed by atoms with Crippen molar-refractivity contribution in [3.8, 4) is 0 Å². The van der Waals surface area contributed by atoms with Gasteiger partial charge in [-0.25, -0.2) is 0 Å². The van der Waals surface area contributed by atoms with E-state index in [2.05, 4.69) is 20.0 Å². The topological polar surface area (TPSA) is 43.2 Å². The van der Waals surface area contributed by atoms with Gasteiger partial charge in [0.05, 0.1) is 0 Å². The molecule has 0 unspecified atom stereocenters. The quantitative estimate of drug-likeness (QED) is 0.455. The van der Waals surface area contributed by atoms with Gasteiger partial charge in [-0.3, -0.25) is 0 Å². The molecule has 0 aromatic heterocycles. The van der Waals surface area contributed by atoms with E-state index in [1.807, 2.05) is 0 Å². The number of rotatable bonds is 2. The molecule has 0 aliphatic heterocycles. The van der Waals surface area contributed by atoms with Crippen molar-refractivity contribution >= 4 is 11.4 Å². The van der Waals surface area contributed by atoms with Crippen molar-refractivity contribution in [2.45, 2.75) is 0 Å². The summed E-state index contributed by atoms with van der Waals surface area (Å²) in [6.07, 6.45) is 7.17. The van der Waals surface area contributed by atoms with Crippen LogP contribution in [0, 0.1) is 0 Å². The minimum Gasteiger partial charge on any atom is -0.399 e. The van der Waals surface area contributed by atoms with Gasteiger partial charge in [0, 0.05) is 0 Å². The monoisotopic (exact) mass is 166 g/mol. The lowest BCUT2D eigenvalue weighted by Gasteiger charge is -1.99. The van der Waals surface area contributed by atoms with Gasteiger partial charge in [-0.15, -0.1) is 0 Å². The van der Waals surface area contributed by atoms with Crippen LogP contribution in [0.2, 0.25) is 0 Å². The highest BCUT2D eigenvalue weighted by molar-refractivity contribution is 6.18. The highest BCUT2D eigenvalue weighted by Crippen LogP contribution is 1.97. The zero-order valence-electron chi connectivity index (χ0n) is 7.02. The molecule has 0 amide bonds. The summed E-state index contributed by atoms with van der Waals surface area (Å²) in [5.41, 5.74) is 1.51. The number of hydrogen-bond acceptors (Lipinski definition) is 4. The van der Waals surface area contributed by atoms with Crippen molar-refractivity contribution in [2.75, 3.05) is 14.2 Å². The number of allylic oxidation sites excluding steroid dienone is 4. The normalized spacial score (nSPS) is 14.5. The molecule has 0 heterocycles. The fraction of sp³-hybridized carbons (Fsp3) is 0.250. The molecule has 1 aliphatic carbocycles. The van der Waals surface area contributed by atoms with Crippen molar-refractivity contribution in [3.05, 3.63) is 24.3 Å². The van der Waals surface area contributed by atoms with Crippen LogP contribution in [0.5, 0.6) is 0 Å². The Bertz CT molecular complexity index is 220. The van der Waals surface area contributed by atoms with Crippen LogP contribution in [0.1, 0.15) is 0 Å². The van der Waals surface area contributed by atoms with Crippen LogP contribution in [-0.2, 0) is 9.68 Å². The number of hydrogen-bond donors (Lipinski definition) is 0. The summed E-state index contributed by atoms with van der Waals surface area (Å²) in [6, 6.07) is 0. The third-order valence-corrected chi connectivity index (χ3v) is 1.24. The summed E-state index contributed by atoms with van der Waals surface area (Å²) in [5, 5.41) is 7.45. The van der Waals surface area contributed by atoms with Crippen molar-refractivity contribution in [1.82, 2.24) is 0 Å². The molecule has 0 aromatic carbocycles. The second kappa shape index (κ2) is 4.33. The van der Waals surface area contributed by atoms with E-state index in [0.29, 0.717) is 0 Å². The second-order valence-electron chi connectivity index (χ2n) is 2.06. The van der Waals surface area contributed by atoms with E-state index in [-0.39, 0.29) is 0 Å². The predicted octanol–water partition coefficient (Wildman–Crippen LogP) is 1.12. The highest BCUT2D eigenvalue weighted by Gasteiger charge is 1.98. The molecule has 0 spiro atoms. The first kappa shape index (κ1) is 8.52. The fourth-order valence-corrected chi connectivity index (χ4v) is 0.785. The molecule has 4 heteroatoms. The molecule has 1 aliphatic rings. The third kappa shape index (κ3) is 2.23. The largest absolute Gasteiger partial charge is 0.399 e. The third-order valence-electron chi connectivity index (χ3n) is 1.24. The molecule has 0 saturated heterocycles. The second-order valence-corrected chi connectivity index (χ2v) is 2.06. The van der Waals surface area contributed by atoms with Gasteiger partial charge >= 0.3 is 0 Å². The Balaban J connectivity index is 2.66. The first-order valence-corrected chi connectivity index (χ1v) is 3.45. The van der Waals surface area contributed by atoms with Gasteiger partial charge in [0.2, 0.25) is 0 Å². The van der Waals surface area contributed by atoms with E-state index >= 15 is 0 Å². The summed E-state index contributed by atoms with van der Waals surface area (Å²) in [4.78, 5) is 9.18. The lowest BCUT2D eigenvalue weighted by atomic mass is 10.1. The molecule has 1 rings (SSSR count). The number of nitrogens with zero attached hydrogens (tertiary/aromatic N) is 2. The van der Waals surface area contributed by atoms with E-state index in [4.69, 9.17) is 0 Å². The SMILES string of the molecule is CON=C1C=CC(=NOC)C=C1. The van der Waals surface area contributed by atoms with Crippen LogP contribution >= 0.6 is 0 Å². The van der Waals surface area contributed by atoms with Crippen molar-refractivity contribution in [2.24, 2.45) is 10.3 Å². The van der Waals surface area contributed by atoms with E-state index < -0.39 is 0 Å². The van der Waals surface area contributed by atoms with Crippen molar-refractivity contribution < 1.29 is 9.68 Å². The van der Waals surface area contributed by atoms with Gasteiger partial charge in [0.15, 0.2) is 0 Å². The van der Waals surface area contributed by atoms with Crippen LogP contribution in [0.4, 0.5) is 0 Å². The predicted molar refractivity (Wildman–Crippen MR) is 47.2 cm³/mol. The fourth-order valence-electron chi connectivity index (χ4n) is 0.785. The highest BCUT2D eigenvalue weighted by atomic mass is 16.6. The lowest BCUT2D eigenvalue weighted by molar-refractivity contribution is 0.213. The first-order chi connectivity index (χ1) is 5.86. The zero-order valence-corrected chi connectivity index (χ0v) is 7.02. The van der Waals surface area contributed by atoms with Crippen LogP contribution in [0.15, 0.2) is 34.6 Å². The average Bonchev–Trinajstić information content (AvgIpc) is 2.09. The minimum absolute atomic E-state index is 0.757. The summed E-state index contributed by atoms with van der Waals surface area (Å²) < 4.78 is 0. The first-order valence-electron chi connectivity index (χ1n) is 3.45. The van der Waals surface area contributed by atoms with Crippen LogP contribution in [-0.4, -0.2) is 25.6 Å². The van der Waals surface area contributed by atoms with Gasteiger partial charge in [-0.1, -0.05) is 10.3 Å². The van der Waals surface area contributed by atoms with Gasteiger partial charge in [-0.05, 0) is 24.3 Å². The van der Waals surface area contributed by atoms with Crippen molar-refractivity contribution in [1.29, 1.82) is 0 Å². The molecule has 12 heavy (non-hydrogen) atoms. The molecule has 0 saturated carbocycles. The molecule has 0 atom stereocenters. The van der Waals surface area contributed by atoms with Crippen molar-refractivity contribution in [3.63, 3.8) is 0 Å². The van der Waals surface area contributed by atoms with Gasteiger partial charge in [0.25, 0.3) is 0 Å². The summed E-state index contributed by atoms with van der Waals surface area (Å²) in [6.45, 7) is 0. The Labute approximate surface area is 70.8 Å². The molecule has 0 fully saturated rings. The van der Waals surface area contributed by atoms with E-state index in [9.17, 15) is 0 Å². The Morgan fingerprint density at radius 3 is 1.42 bits per heavy atom. The Morgan fingerprint density at radius 2 is 1.17 bits per heavy atom. The lowest BCUT2D eigenvalue weighted by Crippen LogP contribution is -2.00. The summed E-state index contributed by atoms with van der Waals surface area (Å²) in [5.74, 6) is 0. The van der Waals surface area contributed by atoms with E-state index in [1.54, 1.807) is 24.3 Å². The molecule has 0 aromatic rings. The maximum atomic E-state index is 4.59. The molecular formula is C8H10N2O2. The van der Waals surface area contributed by atoms with E-state index in [0.717, 1.165) is 11.4 Å². The van der Waals surface area contributed by atoms with Gasteiger partial charge in [0.1, 0.15) is 25.6 Å². The summed E-state index contributed by atoms with van der Waals surface area (Å²) in [7, 11) is 3.01. The molecule has 0 bridgehead atoms. The zero-order chi connectivity index (χ0) is 8.81.